The van der Waals surface area contributed by atoms with Crippen molar-refractivity contribution >= 4 is 0 Å². The zero-order valence-electron chi connectivity index (χ0n) is 10.7. The minimum Gasteiger partial charge on any atom is -0.327 e. The van der Waals surface area contributed by atoms with Crippen LogP contribution in [-0.2, 0) is 6.42 Å². The van der Waals surface area contributed by atoms with E-state index in [2.05, 4.69) is 31.2 Å². The molecule has 92 valence electrons. The molecule has 1 heteroatoms. The van der Waals surface area contributed by atoms with E-state index in [0.29, 0.717) is 6.04 Å². The topological polar surface area (TPSA) is 26.0 Å². The lowest BCUT2D eigenvalue weighted by Crippen LogP contribution is -2.35. The van der Waals surface area contributed by atoms with Crippen molar-refractivity contribution in [3.05, 3.63) is 35.4 Å². The second-order valence-electron chi connectivity index (χ2n) is 6.19. The van der Waals surface area contributed by atoms with Crippen molar-refractivity contribution in [3.8, 4) is 0 Å². The van der Waals surface area contributed by atoms with Crippen molar-refractivity contribution in [2.24, 2.45) is 23.5 Å². The molecule has 4 unspecified atom stereocenters. The zero-order valence-corrected chi connectivity index (χ0v) is 10.7. The number of aryl methyl sites for hydroxylation is 1. The van der Waals surface area contributed by atoms with Crippen LogP contribution >= 0.6 is 0 Å². The molecular formula is C16H23N. The molecule has 1 aromatic carbocycles. The van der Waals surface area contributed by atoms with Gasteiger partial charge in [-0.3, -0.25) is 0 Å². The fraction of sp³-hybridized carbons (Fsp3) is 0.625. The van der Waals surface area contributed by atoms with Crippen LogP contribution < -0.4 is 5.73 Å². The molecule has 0 aliphatic heterocycles. The molecule has 1 nitrogen and oxygen atoms in total. The highest BCUT2D eigenvalue weighted by Gasteiger charge is 2.41. The summed E-state index contributed by atoms with van der Waals surface area (Å²) in [6.07, 6.45) is 6.84. The van der Waals surface area contributed by atoms with E-state index in [0.717, 1.165) is 24.2 Å². The molecular weight excluding hydrogens is 206 g/mol. The van der Waals surface area contributed by atoms with Gasteiger partial charge in [0.15, 0.2) is 0 Å². The Hall–Kier alpha value is -0.820. The van der Waals surface area contributed by atoms with E-state index in [1.165, 1.54) is 36.8 Å². The van der Waals surface area contributed by atoms with E-state index in [1.807, 2.05) is 0 Å². The molecule has 2 aliphatic rings. The molecule has 0 spiro atoms. The van der Waals surface area contributed by atoms with E-state index in [4.69, 9.17) is 5.73 Å². The van der Waals surface area contributed by atoms with Gasteiger partial charge < -0.3 is 5.73 Å². The van der Waals surface area contributed by atoms with Crippen molar-refractivity contribution in [1.29, 1.82) is 0 Å². The molecule has 0 saturated heterocycles. The van der Waals surface area contributed by atoms with Crippen molar-refractivity contribution in [3.63, 3.8) is 0 Å². The van der Waals surface area contributed by atoms with Crippen LogP contribution in [-0.4, -0.2) is 6.04 Å². The summed E-state index contributed by atoms with van der Waals surface area (Å²) >= 11 is 0. The van der Waals surface area contributed by atoms with Gasteiger partial charge in [-0.25, -0.2) is 0 Å². The quantitative estimate of drug-likeness (QED) is 0.845. The Bertz CT molecular complexity index is 381. The van der Waals surface area contributed by atoms with Gasteiger partial charge in [0, 0.05) is 6.04 Å². The van der Waals surface area contributed by atoms with Gasteiger partial charge >= 0.3 is 0 Å². The van der Waals surface area contributed by atoms with Crippen LogP contribution in [0.5, 0.6) is 0 Å². The normalized spacial score (nSPS) is 32.9. The van der Waals surface area contributed by atoms with E-state index >= 15 is 0 Å². The smallest absolute Gasteiger partial charge is 0.0110 e. The summed E-state index contributed by atoms with van der Waals surface area (Å²) in [5.41, 5.74) is 9.18. The predicted octanol–water partition coefficient (Wildman–Crippen LogP) is 3.30. The summed E-state index contributed by atoms with van der Waals surface area (Å²) in [6, 6.07) is 9.25. The third kappa shape index (κ3) is 2.26. The Balaban J connectivity index is 1.63. The average molecular weight is 229 g/mol. The zero-order chi connectivity index (χ0) is 11.8. The van der Waals surface area contributed by atoms with Crippen LogP contribution in [0.15, 0.2) is 24.3 Å². The molecule has 0 heterocycles. The molecule has 2 N–H and O–H groups in total. The maximum atomic E-state index is 6.44. The van der Waals surface area contributed by atoms with Gasteiger partial charge in [-0.05, 0) is 55.9 Å². The molecule has 4 atom stereocenters. The lowest BCUT2D eigenvalue weighted by Gasteiger charge is -2.27. The Morgan fingerprint density at radius 1 is 1.18 bits per heavy atom. The molecule has 2 aliphatic carbocycles. The number of fused-ring (bicyclic) bond motifs is 2. The minimum atomic E-state index is 0.382. The second kappa shape index (κ2) is 4.45. The van der Waals surface area contributed by atoms with Crippen LogP contribution in [0, 0.1) is 24.7 Å². The molecule has 17 heavy (non-hydrogen) atoms. The largest absolute Gasteiger partial charge is 0.327 e. The third-order valence-corrected chi connectivity index (χ3v) is 4.93. The molecule has 2 fully saturated rings. The van der Waals surface area contributed by atoms with Gasteiger partial charge in [0.25, 0.3) is 0 Å². The lowest BCUT2D eigenvalue weighted by molar-refractivity contribution is 0.280. The van der Waals surface area contributed by atoms with Crippen molar-refractivity contribution in [2.45, 2.75) is 45.1 Å². The first-order chi connectivity index (χ1) is 8.22. The molecule has 3 rings (SSSR count). The van der Waals surface area contributed by atoms with E-state index in [1.54, 1.807) is 0 Å². The first-order valence-electron chi connectivity index (χ1n) is 7.03. The summed E-state index contributed by atoms with van der Waals surface area (Å²) in [6.45, 7) is 2.14. The van der Waals surface area contributed by atoms with Crippen molar-refractivity contribution in [2.75, 3.05) is 0 Å². The fourth-order valence-corrected chi connectivity index (χ4v) is 3.97. The van der Waals surface area contributed by atoms with Crippen LogP contribution in [0.3, 0.4) is 0 Å². The van der Waals surface area contributed by atoms with Crippen LogP contribution in [0.1, 0.15) is 36.8 Å². The Morgan fingerprint density at radius 3 is 2.53 bits per heavy atom. The van der Waals surface area contributed by atoms with Gasteiger partial charge in [-0.1, -0.05) is 36.2 Å². The molecule has 0 aromatic heterocycles. The molecule has 2 bridgehead atoms. The van der Waals surface area contributed by atoms with Gasteiger partial charge in [-0.15, -0.1) is 0 Å². The standard InChI is InChI=1S/C16H23N/c1-11-2-4-12(5-3-11)10-16(17)15-9-13-6-7-14(15)8-13/h2-5,13-16H,6-10,17H2,1H3. The third-order valence-electron chi connectivity index (χ3n) is 4.93. The summed E-state index contributed by atoms with van der Waals surface area (Å²) in [5, 5.41) is 0. The highest BCUT2D eigenvalue weighted by Crippen LogP contribution is 2.49. The number of hydrogen-bond acceptors (Lipinski definition) is 1. The Labute approximate surface area is 104 Å². The van der Waals surface area contributed by atoms with Crippen LogP contribution in [0.25, 0.3) is 0 Å². The van der Waals surface area contributed by atoms with Gasteiger partial charge in [0.05, 0.1) is 0 Å². The summed E-state index contributed by atoms with van der Waals surface area (Å²) in [4.78, 5) is 0. The summed E-state index contributed by atoms with van der Waals surface area (Å²) in [5.74, 6) is 2.75. The van der Waals surface area contributed by atoms with E-state index in [9.17, 15) is 0 Å². The van der Waals surface area contributed by atoms with E-state index in [-0.39, 0.29) is 0 Å². The van der Waals surface area contributed by atoms with E-state index < -0.39 is 0 Å². The predicted molar refractivity (Wildman–Crippen MR) is 71.8 cm³/mol. The van der Waals surface area contributed by atoms with Crippen LogP contribution in [0.4, 0.5) is 0 Å². The van der Waals surface area contributed by atoms with Gasteiger partial charge in [-0.2, -0.15) is 0 Å². The molecule has 0 radical (unpaired) electrons. The number of rotatable bonds is 3. The fourth-order valence-electron chi connectivity index (χ4n) is 3.97. The first-order valence-corrected chi connectivity index (χ1v) is 7.03. The monoisotopic (exact) mass is 229 g/mol. The number of hydrogen-bond donors (Lipinski definition) is 1. The van der Waals surface area contributed by atoms with Gasteiger partial charge in [0.1, 0.15) is 0 Å². The maximum absolute atomic E-state index is 6.44. The van der Waals surface area contributed by atoms with Gasteiger partial charge in [0.2, 0.25) is 0 Å². The average Bonchev–Trinajstić information content (AvgIpc) is 2.94. The lowest BCUT2D eigenvalue weighted by atomic mass is 9.81. The van der Waals surface area contributed by atoms with Crippen molar-refractivity contribution < 1.29 is 0 Å². The Kier molecular flexibility index (Phi) is 2.96. The summed E-state index contributed by atoms with van der Waals surface area (Å²) in [7, 11) is 0. The molecule has 0 amide bonds. The minimum absolute atomic E-state index is 0.382. The first kappa shape index (κ1) is 11.3. The molecule has 1 aromatic rings. The number of nitrogens with two attached hydrogens (primary N) is 1. The SMILES string of the molecule is Cc1ccc(CC(N)C2CC3CCC2C3)cc1. The highest BCUT2D eigenvalue weighted by molar-refractivity contribution is 5.22. The van der Waals surface area contributed by atoms with Crippen molar-refractivity contribution in [1.82, 2.24) is 0 Å². The van der Waals surface area contributed by atoms with Crippen LogP contribution in [0.2, 0.25) is 0 Å². The molecule has 2 saturated carbocycles. The maximum Gasteiger partial charge on any atom is 0.0110 e. The second-order valence-corrected chi connectivity index (χ2v) is 6.19. The number of benzene rings is 1. The summed E-state index contributed by atoms with van der Waals surface area (Å²) < 4.78 is 0. The Morgan fingerprint density at radius 2 is 1.94 bits per heavy atom. The highest BCUT2D eigenvalue weighted by atomic mass is 14.7.